The fraction of sp³-hybridized carbons (Fsp3) is 0.750. The van der Waals surface area contributed by atoms with Gasteiger partial charge in [-0.05, 0) is 32.7 Å². The fourth-order valence-corrected chi connectivity index (χ4v) is 2.49. The number of likely N-dealkylation sites (N-methyl/N-ethyl adjacent to an activating group) is 1. The molecule has 1 amide bonds. The predicted octanol–water partition coefficient (Wildman–Crippen LogP) is 1.16. The van der Waals surface area contributed by atoms with Gasteiger partial charge in [0, 0.05) is 25.0 Å². The minimum Gasteiger partial charge on any atom is -0.341 e. The molecule has 15 heavy (non-hydrogen) atoms. The van der Waals surface area contributed by atoms with Crippen LogP contribution in [0.2, 0.25) is 0 Å². The number of piperidine rings is 1. The van der Waals surface area contributed by atoms with Crippen molar-refractivity contribution in [3.8, 4) is 0 Å². The Bertz CT molecular complexity index is 254. The third-order valence-corrected chi connectivity index (χ3v) is 3.50. The molecule has 3 heteroatoms. The molecule has 0 bridgehead atoms. The topological polar surface area (TPSA) is 32.3 Å². The highest BCUT2D eigenvalue weighted by Crippen LogP contribution is 2.22. The largest absolute Gasteiger partial charge is 0.341 e. The molecule has 0 radical (unpaired) electrons. The Morgan fingerprint density at radius 2 is 2.13 bits per heavy atom. The molecule has 1 heterocycles. The fourth-order valence-electron chi connectivity index (χ4n) is 2.49. The second kappa shape index (κ2) is 4.79. The van der Waals surface area contributed by atoms with Gasteiger partial charge in [0.2, 0.25) is 5.91 Å². The van der Waals surface area contributed by atoms with E-state index >= 15 is 0 Å². The van der Waals surface area contributed by atoms with E-state index in [0.29, 0.717) is 11.9 Å². The van der Waals surface area contributed by atoms with Gasteiger partial charge in [-0.15, -0.1) is 0 Å². The summed E-state index contributed by atoms with van der Waals surface area (Å²) >= 11 is 0. The summed E-state index contributed by atoms with van der Waals surface area (Å²) in [7, 11) is 1.98. The number of carbonyl (C=O) groups excluding carboxylic acids is 1. The Hall–Kier alpha value is -0.830. The van der Waals surface area contributed by atoms with E-state index in [-0.39, 0.29) is 5.92 Å². The molecule has 1 N–H and O–H groups in total. The SMILES string of the molecule is CNC1CCCN(C(=O)C2CC=CC2)C1. The van der Waals surface area contributed by atoms with Crippen molar-refractivity contribution in [1.29, 1.82) is 0 Å². The Morgan fingerprint density at radius 3 is 2.80 bits per heavy atom. The Kier molecular flexibility index (Phi) is 3.41. The zero-order valence-electron chi connectivity index (χ0n) is 9.41. The molecule has 0 aromatic rings. The first-order valence-corrected chi connectivity index (χ1v) is 5.92. The van der Waals surface area contributed by atoms with Gasteiger partial charge < -0.3 is 10.2 Å². The zero-order valence-corrected chi connectivity index (χ0v) is 9.41. The number of nitrogens with one attached hydrogen (secondary N) is 1. The minimum absolute atomic E-state index is 0.237. The number of hydrogen-bond acceptors (Lipinski definition) is 2. The van der Waals surface area contributed by atoms with Crippen LogP contribution in [-0.2, 0) is 4.79 Å². The van der Waals surface area contributed by atoms with Crippen LogP contribution in [0.15, 0.2) is 12.2 Å². The number of allylic oxidation sites excluding steroid dienone is 2. The molecule has 0 aromatic carbocycles. The van der Waals surface area contributed by atoms with Crippen LogP contribution in [0.25, 0.3) is 0 Å². The zero-order chi connectivity index (χ0) is 10.7. The summed E-state index contributed by atoms with van der Waals surface area (Å²) in [5.74, 6) is 0.598. The molecular formula is C12H20N2O. The van der Waals surface area contributed by atoms with Crippen molar-refractivity contribution >= 4 is 5.91 Å². The molecule has 3 nitrogen and oxygen atoms in total. The van der Waals surface area contributed by atoms with Crippen molar-refractivity contribution < 1.29 is 4.79 Å². The molecule has 1 fully saturated rings. The molecular weight excluding hydrogens is 188 g/mol. The smallest absolute Gasteiger partial charge is 0.226 e. The molecule has 0 aromatic heterocycles. The van der Waals surface area contributed by atoms with Crippen molar-refractivity contribution in [2.45, 2.75) is 31.7 Å². The van der Waals surface area contributed by atoms with Crippen LogP contribution in [0.1, 0.15) is 25.7 Å². The highest BCUT2D eigenvalue weighted by molar-refractivity contribution is 5.79. The van der Waals surface area contributed by atoms with Gasteiger partial charge in [0.25, 0.3) is 0 Å². The van der Waals surface area contributed by atoms with Gasteiger partial charge in [-0.25, -0.2) is 0 Å². The number of hydrogen-bond donors (Lipinski definition) is 1. The lowest BCUT2D eigenvalue weighted by atomic mass is 10.0. The molecule has 1 aliphatic heterocycles. The van der Waals surface area contributed by atoms with Crippen LogP contribution in [0.4, 0.5) is 0 Å². The van der Waals surface area contributed by atoms with Crippen molar-refractivity contribution in [2.24, 2.45) is 5.92 Å². The summed E-state index contributed by atoms with van der Waals surface area (Å²) in [5.41, 5.74) is 0. The monoisotopic (exact) mass is 208 g/mol. The highest BCUT2D eigenvalue weighted by Gasteiger charge is 2.28. The summed E-state index contributed by atoms with van der Waals surface area (Å²) in [6.45, 7) is 1.85. The Balaban J connectivity index is 1.89. The first-order valence-electron chi connectivity index (χ1n) is 5.92. The van der Waals surface area contributed by atoms with Crippen LogP contribution in [0.3, 0.4) is 0 Å². The van der Waals surface area contributed by atoms with Gasteiger partial charge in [-0.2, -0.15) is 0 Å². The van der Waals surface area contributed by atoms with Crippen LogP contribution in [0.5, 0.6) is 0 Å². The van der Waals surface area contributed by atoms with E-state index in [0.717, 1.165) is 32.4 Å². The number of nitrogens with zero attached hydrogens (tertiary/aromatic N) is 1. The van der Waals surface area contributed by atoms with E-state index in [1.54, 1.807) is 0 Å². The van der Waals surface area contributed by atoms with Crippen molar-refractivity contribution in [2.75, 3.05) is 20.1 Å². The first kappa shape index (κ1) is 10.7. The molecule has 0 saturated carbocycles. The molecule has 2 aliphatic rings. The average Bonchev–Trinajstić information content (AvgIpc) is 2.81. The standard InChI is InChI=1S/C12H20N2O/c1-13-11-7-4-8-14(9-11)12(15)10-5-2-3-6-10/h2-3,10-11,13H,4-9H2,1H3. The van der Waals surface area contributed by atoms with E-state index in [1.807, 2.05) is 11.9 Å². The summed E-state index contributed by atoms with van der Waals surface area (Å²) in [5, 5.41) is 3.27. The molecule has 1 saturated heterocycles. The lowest BCUT2D eigenvalue weighted by Gasteiger charge is -2.34. The van der Waals surface area contributed by atoms with E-state index < -0.39 is 0 Å². The average molecular weight is 208 g/mol. The maximum Gasteiger partial charge on any atom is 0.226 e. The quantitative estimate of drug-likeness (QED) is 0.691. The van der Waals surface area contributed by atoms with Crippen LogP contribution >= 0.6 is 0 Å². The van der Waals surface area contributed by atoms with Crippen molar-refractivity contribution in [1.82, 2.24) is 10.2 Å². The van der Waals surface area contributed by atoms with Crippen LogP contribution in [0, 0.1) is 5.92 Å². The predicted molar refractivity (Wildman–Crippen MR) is 60.5 cm³/mol. The van der Waals surface area contributed by atoms with Crippen molar-refractivity contribution in [3.05, 3.63) is 12.2 Å². The molecule has 1 unspecified atom stereocenters. The second-order valence-electron chi connectivity index (χ2n) is 4.55. The number of likely N-dealkylation sites (tertiary alicyclic amines) is 1. The number of carbonyl (C=O) groups is 1. The summed E-state index contributed by atoms with van der Waals surface area (Å²) < 4.78 is 0. The van der Waals surface area contributed by atoms with E-state index in [2.05, 4.69) is 17.5 Å². The van der Waals surface area contributed by atoms with Gasteiger partial charge >= 0.3 is 0 Å². The van der Waals surface area contributed by atoms with Gasteiger partial charge in [0.1, 0.15) is 0 Å². The maximum absolute atomic E-state index is 12.1. The van der Waals surface area contributed by atoms with Gasteiger partial charge in [0.05, 0.1) is 0 Å². The van der Waals surface area contributed by atoms with Gasteiger partial charge in [-0.3, -0.25) is 4.79 Å². The molecule has 0 spiro atoms. The highest BCUT2D eigenvalue weighted by atomic mass is 16.2. The lowest BCUT2D eigenvalue weighted by Crippen LogP contribution is -2.48. The lowest BCUT2D eigenvalue weighted by molar-refractivity contribution is -0.136. The molecule has 2 rings (SSSR count). The van der Waals surface area contributed by atoms with E-state index in [9.17, 15) is 4.79 Å². The first-order chi connectivity index (χ1) is 7.31. The van der Waals surface area contributed by atoms with Crippen LogP contribution < -0.4 is 5.32 Å². The third kappa shape index (κ3) is 2.40. The van der Waals surface area contributed by atoms with E-state index in [4.69, 9.17) is 0 Å². The Labute approximate surface area is 91.5 Å². The third-order valence-electron chi connectivity index (χ3n) is 3.50. The normalized spacial score (nSPS) is 27.3. The molecule has 1 aliphatic carbocycles. The number of rotatable bonds is 2. The van der Waals surface area contributed by atoms with Crippen molar-refractivity contribution in [3.63, 3.8) is 0 Å². The summed E-state index contributed by atoms with van der Waals surface area (Å²) in [6, 6.07) is 0.497. The van der Waals surface area contributed by atoms with E-state index in [1.165, 1.54) is 6.42 Å². The van der Waals surface area contributed by atoms with Gasteiger partial charge in [-0.1, -0.05) is 12.2 Å². The maximum atomic E-state index is 12.1. The Morgan fingerprint density at radius 1 is 1.40 bits per heavy atom. The second-order valence-corrected chi connectivity index (χ2v) is 4.55. The molecule has 84 valence electrons. The number of amides is 1. The van der Waals surface area contributed by atoms with Crippen LogP contribution in [-0.4, -0.2) is 37.0 Å². The minimum atomic E-state index is 0.237. The summed E-state index contributed by atoms with van der Waals surface area (Å²) in [4.78, 5) is 14.2. The van der Waals surface area contributed by atoms with Gasteiger partial charge in [0.15, 0.2) is 0 Å². The molecule has 1 atom stereocenters. The summed E-state index contributed by atoms with van der Waals surface area (Å²) in [6.07, 6.45) is 8.48.